The van der Waals surface area contributed by atoms with Gasteiger partial charge in [0.1, 0.15) is 11.1 Å². The first-order valence-electron chi connectivity index (χ1n) is 14.9. The summed E-state index contributed by atoms with van der Waals surface area (Å²) in [5, 5.41) is 2.98. The number of nitrogens with one attached hydrogen (secondary N) is 1. The van der Waals surface area contributed by atoms with E-state index in [1.165, 1.54) is 10.5 Å². The van der Waals surface area contributed by atoms with Gasteiger partial charge in [-0.3, -0.25) is 14.5 Å². The predicted octanol–water partition coefficient (Wildman–Crippen LogP) is 2.96. The highest BCUT2D eigenvalue weighted by atomic mass is 16.2. The van der Waals surface area contributed by atoms with Crippen molar-refractivity contribution in [2.75, 3.05) is 42.5 Å². The Morgan fingerprint density at radius 3 is 2.49 bits per heavy atom. The molecule has 0 saturated carbocycles. The number of hydrogen-bond acceptors (Lipinski definition) is 7. The molecule has 3 fully saturated rings. The Hall–Kier alpha value is -4.67. The maximum absolute atomic E-state index is 13.6. The molecule has 3 aliphatic rings. The number of benzene rings is 1. The number of fused-ring (bicyclic) bond motifs is 1. The minimum absolute atomic E-state index is 0.0308. The quantitative estimate of drug-likeness (QED) is 0.350. The van der Waals surface area contributed by atoms with Crippen LogP contribution in [-0.4, -0.2) is 74.0 Å². The van der Waals surface area contributed by atoms with Crippen molar-refractivity contribution in [1.82, 2.24) is 29.2 Å². The Morgan fingerprint density at radius 2 is 1.72 bits per heavy atom. The monoisotopic (exact) mass is 580 g/mol. The Kier molecular flexibility index (Phi) is 6.48. The third-order valence-electron chi connectivity index (χ3n) is 9.66. The van der Waals surface area contributed by atoms with Crippen LogP contribution >= 0.6 is 0 Å². The van der Waals surface area contributed by atoms with Gasteiger partial charge in [-0.05, 0) is 37.8 Å². The van der Waals surface area contributed by atoms with Gasteiger partial charge in [0.2, 0.25) is 0 Å². The van der Waals surface area contributed by atoms with Crippen molar-refractivity contribution in [3.8, 4) is 0 Å². The number of carbonyl (C=O) groups excluding carboxylic acids is 2. The van der Waals surface area contributed by atoms with E-state index in [1.54, 1.807) is 29.4 Å². The summed E-state index contributed by atoms with van der Waals surface area (Å²) < 4.78 is 3.57. The lowest BCUT2D eigenvalue weighted by Crippen LogP contribution is -2.55. The topological polar surface area (TPSA) is 108 Å². The van der Waals surface area contributed by atoms with Crippen LogP contribution in [0.15, 0.2) is 72.2 Å². The van der Waals surface area contributed by atoms with E-state index in [0.29, 0.717) is 25.9 Å². The molecule has 1 spiro atoms. The lowest BCUT2D eigenvalue weighted by atomic mass is 9.82. The summed E-state index contributed by atoms with van der Waals surface area (Å²) in [6, 6.07) is 13.9. The number of piperidine rings is 1. The number of nitrogens with zero attached hydrogens (tertiary/aromatic N) is 7. The van der Waals surface area contributed by atoms with Crippen molar-refractivity contribution in [2.45, 2.75) is 50.6 Å². The number of rotatable bonds is 6. The van der Waals surface area contributed by atoms with Gasteiger partial charge >= 0.3 is 6.03 Å². The molecular formula is C32H36N8O3. The van der Waals surface area contributed by atoms with Gasteiger partial charge in [-0.2, -0.15) is 0 Å². The summed E-state index contributed by atoms with van der Waals surface area (Å²) in [6.45, 7) is 7.47. The molecule has 1 N–H and O–H groups in total. The largest absolute Gasteiger partial charge is 0.370 e. The van der Waals surface area contributed by atoms with Gasteiger partial charge in [0.05, 0.1) is 12.5 Å². The van der Waals surface area contributed by atoms with Gasteiger partial charge in [-0.15, -0.1) is 0 Å². The average Bonchev–Trinajstić information content (AvgIpc) is 3.71. The van der Waals surface area contributed by atoms with Crippen molar-refractivity contribution >= 4 is 29.0 Å². The molecule has 11 heteroatoms. The summed E-state index contributed by atoms with van der Waals surface area (Å²) in [7, 11) is 0. The minimum atomic E-state index is -0.927. The molecule has 6 heterocycles. The molecule has 43 heavy (non-hydrogen) atoms. The Labute approximate surface area is 249 Å². The number of aromatic nitrogens is 4. The highest BCUT2D eigenvalue weighted by molar-refractivity contribution is 6.07. The zero-order valence-corrected chi connectivity index (χ0v) is 24.6. The number of anilines is 2. The average molecular weight is 581 g/mol. The fourth-order valence-electron chi connectivity index (χ4n) is 7.04. The first-order chi connectivity index (χ1) is 20.8. The molecule has 1 atom stereocenters. The van der Waals surface area contributed by atoms with E-state index in [1.807, 2.05) is 29.7 Å². The van der Waals surface area contributed by atoms with Crippen LogP contribution in [0, 0.1) is 6.92 Å². The van der Waals surface area contributed by atoms with Crippen LogP contribution in [0.1, 0.15) is 37.4 Å². The van der Waals surface area contributed by atoms with Crippen LogP contribution < -0.4 is 20.7 Å². The highest BCUT2D eigenvalue weighted by Crippen LogP contribution is 2.36. The van der Waals surface area contributed by atoms with E-state index in [9.17, 15) is 14.4 Å². The summed E-state index contributed by atoms with van der Waals surface area (Å²) in [5.74, 6) is 0.604. The minimum Gasteiger partial charge on any atom is -0.370 e. The molecular weight excluding hydrogens is 544 g/mol. The van der Waals surface area contributed by atoms with Crippen LogP contribution in [0.3, 0.4) is 0 Å². The van der Waals surface area contributed by atoms with Crippen molar-refractivity contribution in [2.24, 2.45) is 0 Å². The molecule has 222 valence electrons. The Morgan fingerprint density at radius 1 is 0.953 bits per heavy atom. The number of imidazole rings is 1. The molecule has 3 aromatic heterocycles. The van der Waals surface area contributed by atoms with E-state index in [2.05, 4.69) is 56.3 Å². The number of imide groups is 1. The molecule has 4 aromatic rings. The Bertz CT molecular complexity index is 1760. The van der Waals surface area contributed by atoms with Crippen molar-refractivity contribution < 1.29 is 9.59 Å². The second kappa shape index (κ2) is 10.3. The number of pyridine rings is 1. The standard InChI is InChI=1S/C32H36N8O3/c1-23-18-25(37-12-8-31(2,21-37)24-6-4-3-5-7-24)19-27(41)39(23)16-17-40-29(42)32(35-30(40)43)9-13-36(14-10-32)28-26-20-33-22-38(26)15-11-34-28/h3-7,11,15,18-20,22H,8-10,12-14,16-17,21H2,1-2H3,(H,35,43)/t31-/m0/s1. The molecule has 0 bridgehead atoms. The zero-order chi connectivity index (χ0) is 29.8. The highest BCUT2D eigenvalue weighted by Gasteiger charge is 2.52. The van der Waals surface area contributed by atoms with Crippen molar-refractivity contribution in [1.29, 1.82) is 0 Å². The van der Waals surface area contributed by atoms with Crippen LogP contribution in [0.4, 0.5) is 16.3 Å². The van der Waals surface area contributed by atoms with Gasteiger partial charge in [0.15, 0.2) is 5.82 Å². The summed E-state index contributed by atoms with van der Waals surface area (Å²) in [5.41, 5.74) is 2.93. The number of amides is 3. The van der Waals surface area contributed by atoms with Crippen LogP contribution in [0.25, 0.3) is 5.52 Å². The van der Waals surface area contributed by atoms with Gasteiger partial charge in [0, 0.05) is 74.5 Å². The van der Waals surface area contributed by atoms with Crippen LogP contribution in [-0.2, 0) is 16.8 Å². The first kappa shape index (κ1) is 27.2. The van der Waals surface area contributed by atoms with Gasteiger partial charge in [-0.25, -0.2) is 14.8 Å². The number of aryl methyl sites for hydroxylation is 1. The number of hydrogen-bond donors (Lipinski definition) is 1. The SMILES string of the molecule is Cc1cc(N2CC[C@](C)(c3ccccc3)C2)cc(=O)n1CCN1C(=O)NC2(CCN(c3nccn4cncc34)CC2)C1=O. The Balaban J connectivity index is 1.01. The first-order valence-corrected chi connectivity index (χ1v) is 14.9. The zero-order valence-electron chi connectivity index (χ0n) is 24.6. The van der Waals surface area contributed by atoms with E-state index >= 15 is 0 Å². The van der Waals surface area contributed by atoms with Gasteiger partial charge in [0.25, 0.3) is 11.5 Å². The molecule has 11 nitrogen and oxygen atoms in total. The molecule has 7 rings (SSSR count). The second-order valence-electron chi connectivity index (χ2n) is 12.3. The van der Waals surface area contributed by atoms with E-state index in [4.69, 9.17) is 0 Å². The molecule has 0 aliphatic carbocycles. The van der Waals surface area contributed by atoms with Gasteiger partial charge in [-0.1, -0.05) is 37.3 Å². The third kappa shape index (κ3) is 4.63. The number of carbonyl (C=O) groups is 2. The summed E-state index contributed by atoms with van der Waals surface area (Å²) >= 11 is 0. The van der Waals surface area contributed by atoms with E-state index in [-0.39, 0.29) is 30.0 Å². The third-order valence-corrected chi connectivity index (χ3v) is 9.66. The molecule has 3 saturated heterocycles. The fourth-order valence-corrected chi connectivity index (χ4v) is 7.04. The molecule has 0 radical (unpaired) electrons. The van der Waals surface area contributed by atoms with E-state index in [0.717, 1.165) is 42.2 Å². The smallest absolute Gasteiger partial charge is 0.325 e. The van der Waals surface area contributed by atoms with E-state index < -0.39 is 11.6 Å². The van der Waals surface area contributed by atoms with Crippen molar-refractivity contribution in [3.63, 3.8) is 0 Å². The van der Waals surface area contributed by atoms with Crippen LogP contribution in [0.5, 0.6) is 0 Å². The molecule has 3 amide bonds. The van der Waals surface area contributed by atoms with Crippen LogP contribution in [0.2, 0.25) is 0 Å². The maximum atomic E-state index is 13.6. The number of urea groups is 1. The molecule has 3 aliphatic heterocycles. The predicted molar refractivity (Wildman–Crippen MR) is 163 cm³/mol. The molecule has 1 aromatic carbocycles. The van der Waals surface area contributed by atoms with Gasteiger partial charge < -0.3 is 24.1 Å². The summed E-state index contributed by atoms with van der Waals surface area (Å²) in [4.78, 5) is 54.3. The van der Waals surface area contributed by atoms with Crippen molar-refractivity contribution in [3.05, 3.63) is 89.0 Å². The normalized spacial score (nSPS) is 21.8. The second-order valence-corrected chi connectivity index (χ2v) is 12.3. The fraction of sp³-hybridized carbons (Fsp3) is 0.406. The maximum Gasteiger partial charge on any atom is 0.325 e. The lowest BCUT2D eigenvalue weighted by Gasteiger charge is -2.38. The summed E-state index contributed by atoms with van der Waals surface area (Å²) in [6.07, 6.45) is 9.08. The lowest BCUT2D eigenvalue weighted by molar-refractivity contribution is -0.132. The molecule has 0 unspecified atom stereocenters.